The Hall–Kier alpha value is -4.14. The van der Waals surface area contributed by atoms with Crippen LogP contribution in [0, 0.1) is 5.92 Å². The summed E-state index contributed by atoms with van der Waals surface area (Å²) >= 11 is 3.75. The van der Waals surface area contributed by atoms with Crippen LogP contribution in [-0.2, 0) is 5.41 Å². The monoisotopic (exact) mass is 561 g/mol. The van der Waals surface area contributed by atoms with Gasteiger partial charge in [-0.2, -0.15) is 0 Å². The first-order chi connectivity index (χ1) is 19.3. The summed E-state index contributed by atoms with van der Waals surface area (Å²) in [6.45, 7) is 0. The molecular formula is C37H24BrN. The van der Waals surface area contributed by atoms with Crippen molar-refractivity contribution in [2.45, 2.75) is 11.3 Å². The third kappa shape index (κ3) is 2.65. The molecule has 1 nitrogen and oxygen atoms in total. The quantitative estimate of drug-likeness (QED) is 0.188. The molecular weight excluding hydrogens is 538 g/mol. The second-order valence-corrected chi connectivity index (χ2v) is 11.9. The molecule has 3 unspecified atom stereocenters. The van der Waals surface area contributed by atoms with E-state index in [9.17, 15) is 0 Å². The number of hydrogen-bond acceptors (Lipinski definition) is 0. The summed E-state index contributed by atoms with van der Waals surface area (Å²) in [5, 5.41) is 2.59. The van der Waals surface area contributed by atoms with Gasteiger partial charge in [0, 0.05) is 32.8 Å². The standard InChI is InChI=1S/C37H24BrN/c38-23-18-19-28-30-21-34-29(22-36(30)39(35(28)20-23)24-10-2-1-3-11-24)27-14-6-9-17-33(27)37(34)31-15-7-4-12-25(31)26-13-5-8-16-32(26)37/h1-22,25,31H. The predicted octanol–water partition coefficient (Wildman–Crippen LogP) is 9.70. The predicted molar refractivity (Wildman–Crippen MR) is 165 cm³/mol. The number of nitrogens with zero attached hydrogens (tertiary/aromatic N) is 1. The van der Waals surface area contributed by atoms with Crippen LogP contribution in [0.2, 0.25) is 0 Å². The molecule has 0 N–H and O–H groups in total. The van der Waals surface area contributed by atoms with Crippen molar-refractivity contribution >= 4 is 37.7 Å². The van der Waals surface area contributed by atoms with Crippen molar-refractivity contribution < 1.29 is 0 Å². The summed E-state index contributed by atoms with van der Waals surface area (Å²) < 4.78 is 3.52. The highest BCUT2D eigenvalue weighted by atomic mass is 79.9. The molecule has 1 spiro atoms. The molecule has 9 rings (SSSR count). The average Bonchev–Trinajstić information content (AvgIpc) is 3.57. The van der Waals surface area contributed by atoms with Crippen LogP contribution >= 0.6 is 15.9 Å². The zero-order valence-corrected chi connectivity index (χ0v) is 22.8. The van der Waals surface area contributed by atoms with E-state index in [1.807, 2.05) is 0 Å². The summed E-state index contributed by atoms with van der Waals surface area (Å²) in [6, 6.07) is 40.8. The van der Waals surface area contributed by atoms with Crippen molar-refractivity contribution in [1.82, 2.24) is 4.57 Å². The van der Waals surface area contributed by atoms with E-state index >= 15 is 0 Å². The number of hydrogen-bond donors (Lipinski definition) is 0. The van der Waals surface area contributed by atoms with Gasteiger partial charge in [0.2, 0.25) is 0 Å². The Labute approximate surface area is 235 Å². The molecule has 3 aliphatic rings. The van der Waals surface area contributed by atoms with E-state index in [0.29, 0.717) is 11.8 Å². The molecule has 39 heavy (non-hydrogen) atoms. The van der Waals surface area contributed by atoms with E-state index in [-0.39, 0.29) is 5.41 Å². The summed E-state index contributed by atoms with van der Waals surface area (Å²) in [5.41, 5.74) is 12.0. The molecule has 1 aromatic heterocycles. The highest BCUT2D eigenvalue weighted by Crippen LogP contribution is 2.65. The molecule has 0 saturated carbocycles. The minimum Gasteiger partial charge on any atom is -0.309 e. The van der Waals surface area contributed by atoms with Crippen molar-refractivity contribution in [3.05, 3.63) is 160 Å². The maximum absolute atomic E-state index is 3.75. The van der Waals surface area contributed by atoms with Gasteiger partial charge in [-0.15, -0.1) is 0 Å². The van der Waals surface area contributed by atoms with Crippen molar-refractivity contribution in [2.75, 3.05) is 0 Å². The summed E-state index contributed by atoms with van der Waals surface area (Å²) in [7, 11) is 0. The molecule has 1 heterocycles. The molecule has 0 aliphatic heterocycles. The Morgan fingerprint density at radius 2 is 1.33 bits per heavy atom. The summed E-state index contributed by atoms with van der Waals surface area (Å²) in [4.78, 5) is 0. The van der Waals surface area contributed by atoms with E-state index in [0.717, 1.165) is 4.47 Å². The summed E-state index contributed by atoms with van der Waals surface area (Å²) in [5.74, 6) is 0.721. The van der Waals surface area contributed by atoms with Gasteiger partial charge in [0.1, 0.15) is 0 Å². The molecule has 3 aliphatic carbocycles. The highest BCUT2D eigenvalue weighted by Gasteiger charge is 2.57. The fourth-order valence-corrected chi connectivity index (χ4v) is 8.29. The lowest BCUT2D eigenvalue weighted by Gasteiger charge is -2.36. The van der Waals surface area contributed by atoms with Crippen LogP contribution in [0.25, 0.3) is 38.6 Å². The average molecular weight is 563 g/mol. The maximum Gasteiger partial charge on any atom is 0.0552 e. The molecule has 6 aromatic rings. The minimum absolute atomic E-state index is 0.209. The summed E-state index contributed by atoms with van der Waals surface area (Å²) in [6.07, 6.45) is 9.36. The molecule has 0 saturated heterocycles. The molecule has 0 amide bonds. The van der Waals surface area contributed by atoms with Crippen LogP contribution in [0.3, 0.4) is 0 Å². The molecule has 2 heteroatoms. The van der Waals surface area contributed by atoms with Gasteiger partial charge in [0.15, 0.2) is 0 Å². The van der Waals surface area contributed by atoms with Crippen molar-refractivity contribution in [3.63, 3.8) is 0 Å². The number of para-hydroxylation sites is 1. The second-order valence-electron chi connectivity index (χ2n) is 11.0. The van der Waals surface area contributed by atoms with E-state index in [1.165, 1.54) is 60.9 Å². The normalized spacial score (nSPS) is 21.9. The van der Waals surface area contributed by atoms with E-state index in [2.05, 4.69) is 154 Å². The van der Waals surface area contributed by atoms with Gasteiger partial charge >= 0.3 is 0 Å². The molecule has 0 radical (unpaired) electrons. The number of halogens is 1. The highest BCUT2D eigenvalue weighted by molar-refractivity contribution is 9.10. The molecule has 0 fully saturated rings. The largest absolute Gasteiger partial charge is 0.309 e. The lowest BCUT2D eigenvalue weighted by atomic mass is 9.65. The van der Waals surface area contributed by atoms with E-state index < -0.39 is 0 Å². The first-order valence-electron chi connectivity index (χ1n) is 13.6. The minimum atomic E-state index is -0.209. The fraction of sp³-hybridized carbons (Fsp3) is 0.0811. The SMILES string of the molecule is Brc1ccc2c3cc4c(cc3n(-c3ccccc3)c2c1)-c1ccccc1C41c2ccccc2C2C=CC=CC21. The van der Waals surface area contributed by atoms with Gasteiger partial charge in [0.05, 0.1) is 16.4 Å². The van der Waals surface area contributed by atoms with E-state index in [1.54, 1.807) is 0 Å². The number of aromatic nitrogens is 1. The van der Waals surface area contributed by atoms with Crippen LogP contribution in [0.1, 0.15) is 28.2 Å². The molecule has 5 aromatic carbocycles. The number of benzene rings is 5. The number of rotatable bonds is 1. The lowest BCUT2D eigenvalue weighted by Crippen LogP contribution is -2.32. The zero-order chi connectivity index (χ0) is 25.7. The Morgan fingerprint density at radius 3 is 2.23 bits per heavy atom. The Kier molecular flexibility index (Phi) is 4.30. The van der Waals surface area contributed by atoms with Gasteiger partial charge < -0.3 is 4.57 Å². The van der Waals surface area contributed by atoms with Crippen molar-refractivity contribution in [3.8, 4) is 16.8 Å². The van der Waals surface area contributed by atoms with Crippen molar-refractivity contribution in [1.29, 1.82) is 0 Å². The number of fused-ring (bicyclic) bond motifs is 13. The fourth-order valence-electron chi connectivity index (χ4n) is 7.94. The maximum atomic E-state index is 3.75. The molecule has 184 valence electrons. The van der Waals surface area contributed by atoms with Crippen LogP contribution in [0.5, 0.6) is 0 Å². The zero-order valence-electron chi connectivity index (χ0n) is 21.2. The van der Waals surface area contributed by atoms with Crippen molar-refractivity contribution in [2.24, 2.45) is 5.92 Å². The first-order valence-corrected chi connectivity index (χ1v) is 14.4. The van der Waals surface area contributed by atoms with Crippen LogP contribution in [0.15, 0.2) is 138 Å². The molecule has 0 bridgehead atoms. The van der Waals surface area contributed by atoms with Gasteiger partial charge in [-0.25, -0.2) is 0 Å². The third-order valence-corrected chi connectivity index (χ3v) is 9.82. The van der Waals surface area contributed by atoms with Gasteiger partial charge in [-0.3, -0.25) is 0 Å². The lowest BCUT2D eigenvalue weighted by molar-refractivity contribution is 0.466. The van der Waals surface area contributed by atoms with Gasteiger partial charge in [-0.1, -0.05) is 113 Å². The first kappa shape index (κ1) is 21.8. The molecule has 3 atom stereocenters. The Bertz CT molecular complexity index is 2040. The van der Waals surface area contributed by atoms with Crippen LogP contribution in [0.4, 0.5) is 0 Å². The van der Waals surface area contributed by atoms with Gasteiger partial charge in [0.25, 0.3) is 0 Å². The van der Waals surface area contributed by atoms with Crippen LogP contribution < -0.4 is 0 Å². The Balaban J connectivity index is 1.46. The Morgan fingerprint density at radius 1 is 0.590 bits per heavy atom. The third-order valence-electron chi connectivity index (χ3n) is 9.33. The van der Waals surface area contributed by atoms with E-state index in [4.69, 9.17) is 0 Å². The smallest absolute Gasteiger partial charge is 0.0552 e. The van der Waals surface area contributed by atoms with Crippen LogP contribution in [-0.4, -0.2) is 4.57 Å². The van der Waals surface area contributed by atoms with Gasteiger partial charge in [-0.05, 0) is 69.8 Å². The number of allylic oxidation sites excluding steroid dienone is 4. The second kappa shape index (κ2) is 7.71. The topological polar surface area (TPSA) is 4.93 Å².